The lowest BCUT2D eigenvalue weighted by atomic mass is 9.99. The number of urea groups is 1. The Hall–Kier alpha value is -3.60. The molecule has 2 heterocycles. The average molecular weight is 366 g/mol. The number of benzene rings is 1. The normalized spacial score (nSPS) is 18.9. The first-order valence-corrected chi connectivity index (χ1v) is 8.38. The van der Waals surface area contributed by atoms with Crippen LogP contribution in [0.3, 0.4) is 0 Å². The van der Waals surface area contributed by atoms with Crippen molar-refractivity contribution in [2.24, 2.45) is 0 Å². The summed E-state index contributed by atoms with van der Waals surface area (Å²) in [7, 11) is 0. The number of hydrogen-bond acceptors (Lipinski definition) is 5. The third-order valence-corrected chi connectivity index (χ3v) is 4.40. The minimum Gasteiger partial charge on any atom is -0.466 e. The van der Waals surface area contributed by atoms with Gasteiger partial charge in [0.25, 0.3) is 5.91 Å². The van der Waals surface area contributed by atoms with Gasteiger partial charge in [0.05, 0.1) is 18.8 Å². The lowest BCUT2D eigenvalue weighted by Gasteiger charge is -2.24. The van der Waals surface area contributed by atoms with Crippen LogP contribution >= 0.6 is 0 Å². The number of carbonyl (C=O) groups excluding carboxylic acids is 3. The molecule has 2 aromatic rings. The summed E-state index contributed by atoms with van der Waals surface area (Å²) >= 11 is 0. The summed E-state index contributed by atoms with van der Waals surface area (Å²) in [6.07, 6.45) is 1.54. The highest BCUT2D eigenvalue weighted by atomic mass is 16.3. The lowest BCUT2D eigenvalue weighted by molar-refractivity contribution is -0.134. The predicted molar refractivity (Wildman–Crippen MR) is 95.3 cm³/mol. The van der Waals surface area contributed by atoms with Gasteiger partial charge in [-0.2, -0.15) is 5.26 Å². The quantitative estimate of drug-likeness (QED) is 0.787. The van der Waals surface area contributed by atoms with E-state index in [4.69, 9.17) is 9.68 Å². The summed E-state index contributed by atoms with van der Waals surface area (Å²) in [5.41, 5.74) is -0.760. The zero-order valence-corrected chi connectivity index (χ0v) is 14.7. The molecule has 27 heavy (non-hydrogen) atoms. The minimum absolute atomic E-state index is 0.130. The molecule has 0 aliphatic carbocycles. The number of imide groups is 1. The van der Waals surface area contributed by atoms with Crippen molar-refractivity contribution in [1.29, 1.82) is 5.26 Å². The van der Waals surface area contributed by atoms with Crippen molar-refractivity contribution >= 4 is 23.5 Å². The van der Waals surface area contributed by atoms with E-state index in [1.54, 1.807) is 36.4 Å². The number of hydrogen-bond donors (Lipinski definition) is 1. The zero-order chi connectivity index (χ0) is 19.4. The molecule has 1 aliphatic rings. The van der Waals surface area contributed by atoms with Crippen LogP contribution in [0.4, 0.5) is 10.5 Å². The van der Waals surface area contributed by atoms with Crippen LogP contribution in [0.5, 0.6) is 0 Å². The number of nitrogens with one attached hydrogen (secondary N) is 1. The molecular weight excluding hydrogens is 348 g/mol. The molecule has 4 amide bonds. The lowest BCUT2D eigenvalue weighted by Crippen LogP contribution is -2.45. The molecule has 138 valence electrons. The number of para-hydroxylation sites is 1. The fourth-order valence-electron chi connectivity index (χ4n) is 2.96. The summed E-state index contributed by atoms with van der Waals surface area (Å²) in [6, 6.07) is 13.3. The first-order valence-electron chi connectivity index (χ1n) is 8.38. The largest absolute Gasteiger partial charge is 0.466 e. The Balaban J connectivity index is 1.80. The Morgan fingerprint density at radius 1 is 1.26 bits per heavy atom. The number of nitrogens with zero attached hydrogens (tertiary/aromatic N) is 3. The number of amides is 4. The number of furan rings is 1. The van der Waals surface area contributed by atoms with E-state index in [-0.39, 0.29) is 13.0 Å². The van der Waals surface area contributed by atoms with Crippen LogP contribution in [0, 0.1) is 11.3 Å². The molecule has 0 radical (unpaired) electrons. The SMILES string of the molecule is CC1(c2ccco2)NC(=O)N(CC(=O)N(CCC#N)c2ccccc2)C1=O. The van der Waals surface area contributed by atoms with Crippen LogP contribution in [0.2, 0.25) is 0 Å². The van der Waals surface area contributed by atoms with E-state index in [2.05, 4.69) is 5.32 Å². The van der Waals surface area contributed by atoms with E-state index in [1.165, 1.54) is 18.1 Å². The molecule has 0 saturated carbocycles. The minimum atomic E-state index is -1.36. The summed E-state index contributed by atoms with van der Waals surface area (Å²) in [5.74, 6) is -0.729. The van der Waals surface area contributed by atoms with Crippen molar-refractivity contribution in [3.8, 4) is 6.07 Å². The molecule has 8 heteroatoms. The van der Waals surface area contributed by atoms with Gasteiger partial charge in [0.1, 0.15) is 12.3 Å². The molecule has 1 aliphatic heterocycles. The Kier molecular flexibility index (Phi) is 4.94. The Morgan fingerprint density at radius 3 is 2.63 bits per heavy atom. The van der Waals surface area contributed by atoms with Crippen molar-refractivity contribution < 1.29 is 18.8 Å². The fourth-order valence-corrected chi connectivity index (χ4v) is 2.96. The van der Waals surface area contributed by atoms with Gasteiger partial charge in [-0.3, -0.25) is 14.5 Å². The highest BCUT2D eigenvalue weighted by Gasteiger charge is 2.51. The molecule has 3 rings (SSSR count). The molecule has 1 fully saturated rings. The average Bonchev–Trinajstić information content (AvgIpc) is 3.28. The standard InChI is InChI=1S/C19H18N4O4/c1-19(15-9-5-12-27-15)17(25)23(18(26)21-19)13-16(24)22(11-6-10-20)14-7-3-2-4-8-14/h2-5,7-9,12H,6,11,13H2,1H3,(H,21,26). The third kappa shape index (κ3) is 3.40. The summed E-state index contributed by atoms with van der Waals surface area (Å²) in [4.78, 5) is 40.2. The summed E-state index contributed by atoms with van der Waals surface area (Å²) < 4.78 is 5.27. The van der Waals surface area contributed by atoms with Gasteiger partial charge in [-0.15, -0.1) is 0 Å². The molecule has 1 atom stereocenters. The second kappa shape index (κ2) is 7.33. The maximum atomic E-state index is 12.8. The van der Waals surface area contributed by atoms with E-state index >= 15 is 0 Å². The van der Waals surface area contributed by atoms with Gasteiger partial charge in [0.15, 0.2) is 5.54 Å². The number of anilines is 1. The second-order valence-electron chi connectivity index (χ2n) is 6.21. The molecule has 1 N–H and O–H groups in total. The Labute approximate surface area is 156 Å². The number of carbonyl (C=O) groups is 3. The first-order chi connectivity index (χ1) is 13.0. The van der Waals surface area contributed by atoms with Gasteiger partial charge >= 0.3 is 6.03 Å². The van der Waals surface area contributed by atoms with Crippen LogP contribution in [-0.4, -0.2) is 35.8 Å². The monoisotopic (exact) mass is 366 g/mol. The van der Waals surface area contributed by atoms with Crippen molar-refractivity contribution in [3.63, 3.8) is 0 Å². The smallest absolute Gasteiger partial charge is 0.325 e. The third-order valence-electron chi connectivity index (χ3n) is 4.40. The van der Waals surface area contributed by atoms with E-state index in [0.29, 0.717) is 11.4 Å². The van der Waals surface area contributed by atoms with E-state index in [9.17, 15) is 14.4 Å². The topological polar surface area (TPSA) is 107 Å². The predicted octanol–water partition coefficient (Wildman–Crippen LogP) is 1.99. The molecule has 1 saturated heterocycles. The second-order valence-corrected chi connectivity index (χ2v) is 6.21. The van der Waals surface area contributed by atoms with Crippen LogP contribution in [0.15, 0.2) is 53.1 Å². The molecule has 8 nitrogen and oxygen atoms in total. The van der Waals surface area contributed by atoms with E-state index in [1.807, 2.05) is 12.1 Å². The van der Waals surface area contributed by atoms with Crippen LogP contribution in [0.1, 0.15) is 19.1 Å². The fraction of sp³-hybridized carbons (Fsp3) is 0.263. The van der Waals surface area contributed by atoms with Gasteiger partial charge < -0.3 is 14.6 Å². The molecule has 0 bridgehead atoms. The van der Waals surface area contributed by atoms with Crippen molar-refractivity contribution in [1.82, 2.24) is 10.2 Å². The first kappa shape index (κ1) is 18.2. The highest BCUT2D eigenvalue weighted by Crippen LogP contribution is 2.29. The van der Waals surface area contributed by atoms with Crippen molar-refractivity contribution in [2.75, 3.05) is 18.0 Å². The molecule has 1 unspecified atom stereocenters. The van der Waals surface area contributed by atoms with Gasteiger partial charge in [-0.05, 0) is 31.2 Å². The van der Waals surface area contributed by atoms with Gasteiger partial charge in [-0.25, -0.2) is 4.79 Å². The number of nitriles is 1. The van der Waals surface area contributed by atoms with Crippen molar-refractivity contribution in [2.45, 2.75) is 18.9 Å². The van der Waals surface area contributed by atoms with Crippen LogP contribution in [0.25, 0.3) is 0 Å². The van der Waals surface area contributed by atoms with E-state index in [0.717, 1.165) is 4.90 Å². The Morgan fingerprint density at radius 2 is 2.00 bits per heavy atom. The summed E-state index contributed by atoms with van der Waals surface area (Å²) in [5, 5.41) is 11.4. The van der Waals surface area contributed by atoms with Crippen LogP contribution < -0.4 is 10.2 Å². The summed E-state index contributed by atoms with van der Waals surface area (Å²) in [6.45, 7) is 1.26. The van der Waals surface area contributed by atoms with Crippen molar-refractivity contribution in [3.05, 3.63) is 54.5 Å². The van der Waals surface area contributed by atoms with Gasteiger partial charge in [0.2, 0.25) is 5.91 Å². The van der Waals surface area contributed by atoms with Crippen LogP contribution in [-0.2, 0) is 15.1 Å². The maximum Gasteiger partial charge on any atom is 0.325 e. The zero-order valence-electron chi connectivity index (χ0n) is 14.7. The maximum absolute atomic E-state index is 12.8. The highest BCUT2D eigenvalue weighted by molar-refractivity contribution is 6.10. The van der Waals surface area contributed by atoms with Gasteiger partial charge in [0, 0.05) is 12.2 Å². The molecular formula is C19H18N4O4. The molecule has 1 aromatic carbocycles. The molecule has 0 spiro atoms. The number of rotatable bonds is 6. The molecule has 1 aromatic heterocycles. The van der Waals surface area contributed by atoms with E-state index < -0.39 is 29.9 Å². The Bertz CT molecular complexity index is 888. The van der Waals surface area contributed by atoms with Gasteiger partial charge in [-0.1, -0.05) is 18.2 Å².